The maximum absolute atomic E-state index is 6.10. The fourth-order valence-electron chi connectivity index (χ4n) is 1.26. The highest BCUT2D eigenvalue weighted by atomic mass is 35.5. The molecule has 12 heavy (non-hydrogen) atoms. The standard InChI is InChI=1S/C11H15Cl/c1-4-9-5-6-10(8(2)3)11(12)7-9/h5-8H,4H2,1-3H3. The van der Waals surface area contributed by atoms with Crippen LogP contribution in [0.2, 0.25) is 5.02 Å². The molecule has 0 radical (unpaired) electrons. The van der Waals surface area contributed by atoms with Crippen LogP contribution in [0.1, 0.15) is 37.8 Å². The third-order valence-electron chi connectivity index (χ3n) is 2.10. The van der Waals surface area contributed by atoms with Gasteiger partial charge in [0.15, 0.2) is 0 Å². The molecule has 1 aromatic rings. The molecule has 0 saturated heterocycles. The monoisotopic (exact) mass is 182 g/mol. The maximum Gasteiger partial charge on any atom is 0.0443 e. The summed E-state index contributed by atoms with van der Waals surface area (Å²) in [6.45, 7) is 6.46. The molecule has 1 aromatic carbocycles. The molecule has 0 nitrogen and oxygen atoms in total. The van der Waals surface area contributed by atoms with Crippen molar-refractivity contribution in [2.24, 2.45) is 0 Å². The maximum atomic E-state index is 6.10. The van der Waals surface area contributed by atoms with Gasteiger partial charge in [-0.1, -0.05) is 44.5 Å². The summed E-state index contributed by atoms with van der Waals surface area (Å²) in [6, 6.07) is 6.35. The Hall–Kier alpha value is -0.490. The Kier molecular flexibility index (Phi) is 3.16. The molecule has 0 bridgehead atoms. The highest BCUT2D eigenvalue weighted by Gasteiger charge is 2.04. The van der Waals surface area contributed by atoms with Crippen molar-refractivity contribution in [1.29, 1.82) is 0 Å². The lowest BCUT2D eigenvalue weighted by molar-refractivity contribution is 0.865. The number of halogens is 1. The summed E-state index contributed by atoms with van der Waals surface area (Å²) >= 11 is 6.10. The molecule has 0 fully saturated rings. The van der Waals surface area contributed by atoms with Crippen molar-refractivity contribution in [2.45, 2.75) is 33.1 Å². The summed E-state index contributed by atoms with van der Waals surface area (Å²) in [4.78, 5) is 0. The Morgan fingerprint density at radius 2 is 2.00 bits per heavy atom. The predicted octanol–water partition coefficient (Wildman–Crippen LogP) is 4.03. The molecule has 0 aliphatic carbocycles. The topological polar surface area (TPSA) is 0 Å². The third-order valence-corrected chi connectivity index (χ3v) is 2.42. The molecule has 0 aromatic heterocycles. The van der Waals surface area contributed by atoms with Gasteiger partial charge < -0.3 is 0 Å². The Balaban J connectivity index is 3.03. The van der Waals surface area contributed by atoms with E-state index < -0.39 is 0 Å². The minimum Gasteiger partial charge on any atom is -0.0840 e. The van der Waals surface area contributed by atoms with Crippen molar-refractivity contribution in [3.05, 3.63) is 34.3 Å². The van der Waals surface area contributed by atoms with Crippen molar-refractivity contribution in [3.63, 3.8) is 0 Å². The van der Waals surface area contributed by atoms with Crippen LogP contribution in [0.4, 0.5) is 0 Å². The van der Waals surface area contributed by atoms with Gasteiger partial charge in [-0.2, -0.15) is 0 Å². The Morgan fingerprint density at radius 3 is 2.42 bits per heavy atom. The average molecular weight is 183 g/mol. The van der Waals surface area contributed by atoms with Crippen LogP contribution >= 0.6 is 11.6 Å². The van der Waals surface area contributed by atoms with Gasteiger partial charge in [0, 0.05) is 5.02 Å². The first kappa shape index (κ1) is 9.60. The quantitative estimate of drug-likeness (QED) is 0.648. The molecule has 0 heterocycles. The summed E-state index contributed by atoms with van der Waals surface area (Å²) in [6.07, 6.45) is 1.05. The molecule has 0 unspecified atom stereocenters. The summed E-state index contributed by atoms with van der Waals surface area (Å²) < 4.78 is 0. The van der Waals surface area contributed by atoms with E-state index >= 15 is 0 Å². The molecule has 0 aliphatic rings. The molecule has 0 atom stereocenters. The van der Waals surface area contributed by atoms with E-state index in [-0.39, 0.29) is 0 Å². The zero-order valence-corrected chi connectivity index (χ0v) is 8.65. The van der Waals surface area contributed by atoms with Crippen LogP contribution in [0.3, 0.4) is 0 Å². The van der Waals surface area contributed by atoms with Crippen LogP contribution < -0.4 is 0 Å². The van der Waals surface area contributed by atoms with E-state index in [4.69, 9.17) is 11.6 Å². The normalized spacial score (nSPS) is 10.8. The smallest absolute Gasteiger partial charge is 0.0443 e. The van der Waals surface area contributed by atoms with Gasteiger partial charge in [0.25, 0.3) is 0 Å². The van der Waals surface area contributed by atoms with E-state index in [1.54, 1.807) is 0 Å². The van der Waals surface area contributed by atoms with Gasteiger partial charge in [0.05, 0.1) is 0 Å². The minimum absolute atomic E-state index is 0.517. The van der Waals surface area contributed by atoms with Gasteiger partial charge in [0.2, 0.25) is 0 Å². The predicted molar refractivity (Wildman–Crippen MR) is 54.9 cm³/mol. The number of hydrogen-bond acceptors (Lipinski definition) is 0. The highest BCUT2D eigenvalue weighted by Crippen LogP contribution is 2.25. The lowest BCUT2D eigenvalue weighted by Gasteiger charge is -2.08. The lowest BCUT2D eigenvalue weighted by atomic mass is 10.0. The van der Waals surface area contributed by atoms with E-state index in [1.807, 2.05) is 0 Å². The van der Waals surface area contributed by atoms with Crippen molar-refractivity contribution >= 4 is 11.6 Å². The van der Waals surface area contributed by atoms with Crippen molar-refractivity contribution < 1.29 is 0 Å². The van der Waals surface area contributed by atoms with Gasteiger partial charge in [-0.05, 0) is 29.5 Å². The fraction of sp³-hybridized carbons (Fsp3) is 0.455. The number of hydrogen-bond donors (Lipinski definition) is 0. The van der Waals surface area contributed by atoms with Crippen molar-refractivity contribution in [1.82, 2.24) is 0 Å². The first-order valence-electron chi connectivity index (χ1n) is 4.43. The average Bonchev–Trinajstić information content (AvgIpc) is 2.03. The first-order chi connectivity index (χ1) is 5.65. The summed E-state index contributed by atoms with van der Waals surface area (Å²) in [5.74, 6) is 0.517. The fourth-order valence-corrected chi connectivity index (χ4v) is 1.68. The van der Waals surface area contributed by atoms with E-state index in [1.165, 1.54) is 11.1 Å². The second kappa shape index (κ2) is 3.95. The van der Waals surface area contributed by atoms with Gasteiger partial charge in [-0.25, -0.2) is 0 Å². The van der Waals surface area contributed by atoms with Crippen LogP contribution in [-0.4, -0.2) is 0 Å². The van der Waals surface area contributed by atoms with E-state index in [0.29, 0.717) is 5.92 Å². The van der Waals surface area contributed by atoms with Crippen LogP contribution in [0.5, 0.6) is 0 Å². The largest absolute Gasteiger partial charge is 0.0840 e. The Bertz CT molecular complexity index is 264. The van der Waals surface area contributed by atoms with Crippen LogP contribution in [0, 0.1) is 0 Å². The van der Waals surface area contributed by atoms with E-state index in [2.05, 4.69) is 39.0 Å². The molecular weight excluding hydrogens is 168 g/mol. The zero-order valence-electron chi connectivity index (χ0n) is 7.89. The molecular formula is C11H15Cl. The second-order valence-electron chi connectivity index (χ2n) is 3.36. The van der Waals surface area contributed by atoms with Crippen LogP contribution in [0.25, 0.3) is 0 Å². The van der Waals surface area contributed by atoms with Crippen LogP contribution in [-0.2, 0) is 6.42 Å². The molecule has 0 aliphatic heterocycles. The number of benzene rings is 1. The summed E-state index contributed by atoms with van der Waals surface area (Å²) in [5.41, 5.74) is 2.55. The van der Waals surface area contributed by atoms with E-state index in [9.17, 15) is 0 Å². The van der Waals surface area contributed by atoms with Gasteiger partial charge in [-0.3, -0.25) is 0 Å². The molecule has 1 heteroatoms. The minimum atomic E-state index is 0.517. The van der Waals surface area contributed by atoms with Gasteiger partial charge in [0.1, 0.15) is 0 Å². The highest BCUT2D eigenvalue weighted by molar-refractivity contribution is 6.31. The van der Waals surface area contributed by atoms with E-state index in [0.717, 1.165) is 11.4 Å². The first-order valence-corrected chi connectivity index (χ1v) is 4.81. The summed E-state index contributed by atoms with van der Waals surface area (Å²) in [7, 11) is 0. The Labute approximate surface area is 79.6 Å². The lowest BCUT2D eigenvalue weighted by Crippen LogP contribution is -1.90. The van der Waals surface area contributed by atoms with Crippen molar-refractivity contribution in [3.8, 4) is 0 Å². The Morgan fingerprint density at radius 1 is 1.33 bits per heavy atom. The third kappa shape index (κ3) is 2.01. The molecule has 0 N–H and O–H groups in total. The zero-order chi connectivity index (χ0) is 9.14. The molecule has 0 saturated carbocycles. The van der Waals surface area contributed by atoms with Crippen molar-refractivity contribution in [2.75, 3.05) is 0 Å². The SMILES string of the molecule is CCc1ccc(C(C)C)c(Cl)c1. The number of aryl methyl sites for hydroxylation is 1. The van der Waals surface area contributed by atoms with Gasteiger partial charge in [-0.15, -0.1) is 0 Å². The molecule has 1 rings (SSSR count). The number of rotatable bonds is 2. The van der Waals surface area contributed by atoms with Crippen LogP contribution in [0.15, 0.2) is 18.2 Å². The molecule has 66 valence electrons. The second-order valence-corrected chi connectivity index (χ2v) is 3.77. The summed E-state index contributed by atoms with van der Waals surface area (Å²) in [5, 5.41) is 0.907. The molecule has 0 amide bonds. The van der Waals surface area contributed by atoms with Gasteiger partial charge >= 0.3 is 0 Å². The molecule has 0 spiro atoms.